The molecular formula is C18H22FN3O2. The Morgan fingerprint density at radius 2 is 1.79 bits per heavy atom. The van der Waals surface area contributed by atoms with Crippen molar-refractivity contribution in [2.75, 3.05) is 31.1 Å². The van der Waals surface area contributed by atoms with Crippen molar-refractivity contribution in [1.82, 2.24) is 10.1 Å². The van der Waals surface area contributed by atoms with Gasteiger partial charge >= 0.3 is 0 Å². The second kappa shape index (κ2) is 6.63. The van der Waals surface area contributed by atoms with Gasteiger partial charge in [-0.25, -0.2) is 4.39 Å². The van der Waals surface area contributed by atoms with Crippen molar-refractivity contribution in [3.63, 3.8) is 0 Å². The molecule has 1 saturated heterocycles. The predicted octanol–water partition coefficient (Wildman–Crippen LogP) is 3.21. The maximum atomic E-state index is 13.0. The lowest BCUT2D eigenvalue weighted by Gasteiger charge is -2.36. The average Bonchev–Trinajstić information content (AvgIpc) is 2.97. The monoisotopic (exact) mass is 331 g/mol. The fourth-order valence-corrected chi connectivity index (χ4v) is 3.02. The number of carbonyl (C=O) groups excluding carboxylic acids is 1. The molecule has 0 spiro atoms. The molecule has 0 aliphatic carbocycles. The van der Waals surface area contributed by atoms with Crippen molar-refractivity contribution in [3.05, 3.63) is 47.1 Å². The lowest BCUT2D eigenvalue weighted by molar-refractivity contribution is 0.0743. The van der Waals surface area contributed by atoms with Crippen molar-refractivity contribution in [2.24, 2.45) is 0 Å². The number of halogens is 1. The van der Waals surface area contributed by atoms with Gasteiger partial charge < -0.3 is 14.3 Å². The predicted molar refractivity (Wildman–Crippen MR) is 89.8 cm³/mol. The number of benzene rings is 1. The lowest BCUT2D eigenvalue weighted by atomic mass is 10.0. The molecule has 0 N–H and O–H groups in total. The van der Waals surface area contributed by atoms with E-state index in [1.807, 2.05) is 18.7 Å². The third-order valence-electron chi connectivity index (χ3n) is 4.39. The van der Waals surface area contributed by atoms with Crippen LogP contribution in [-0.2, 0) is 0 Å². The zero-order valence-corrected chi connectivity index (χ0v) is 14.3. The van der Waals surface area contributed by atoms with Crippen molar-refractivity contribution in [2.45, 2.75) is 26.7 Å². The van der Waals surface area contributed by atoms with E-state index in [0.29, 0.717) is 30.1 Å². The van der Waals surface area contributed by atoms with Crippen LogP contribution in [0.25, 0.3) is 0 Å². The standard InChI is InChI=1S/C18H22FN3O2/c1-12(2)17-16(13(3)20-24-17)18(23)22-10-8-21(9-11-22)15-6-4-14(19)5-7-15/h4-7,12H,8-11H2,1-3H3. The van der Waals surface area contributed by atoms with Gasteiger partial charge in [-0.2, -0.15) is 0 Å². The van der Waals surface area contributed by atoms with E-state index in [9.17, 15) is 9.18 Å². The van der Waals surface area contributed by atoms with Crippen LogP contribution in [0.2, 0.25) is 0 Å². The van der Waals surface area contributed by atoms with Crippen molar-refractivity contribution in [1.29, 1.82) is 0 Å². The Labute approximate surface area is 141 Å². The van der Waals surface area contributed by atoms with Crippen molar-refractivity contribution >= 4 is 11.6 Å². The highest BCUT2D eigenvalue weighted by Gasteiger charge is 2.29. The number of hydrogen-bond acceptors (Lipinski definition) is 4. The van der Waals surface area contributed by atoms with Crippen LogP contribution >= 0.6 is 0 Å². The average molecular weight is 331 g/mol. The zero-order chi connectivity index (χ0) is 17.3. The van der Waals surface area contributed by atoms with Crippen LogP contribution in [0.4, 0.5) is 10.1 Å². The summed E-state index contributed by atoms with van der Waals surface area (Å²) in [4.78, 5) is 16.9. The van der Waals surface area contributed by atoms with E-state index in [1.165, 1.54) is 12.1 Å². The van der Waals surface area contributed by atoms with E-state index >= 15 is 0 Å². The molecule has 128 valence electrons. The molecule has 0 unspecified atom stereocenters. The summed E-state index contributed by atoms with van der Waals surface area (Å²) in [6, 6.07) is 6.46. The van der Waals surface area contributed by atoms with Crippen LogP contribution in [0.3, 0.4) is 0 Å². The van der Waals surface area contributed by atoms with Gasteiger partial charge in [-0.3, -0.25) is 4.79 Å². The molecule has 6 heteroatoms. The molecule has 0 saturated carbocycles. The zero-order valence-electron chi connectivity index (χ0n) is 14.3. The van der Waals surface area contributed by atoms with Crippen LogP contribution in [0, 0.1) is 12.7 Å². The van der Waals surface area contributed by atoms with Gasteiger partial charge in [0.05, 0.1) is 5.69 Å². The van der Waals surface area contributed by atoms with Crippen LogP contribution in [0.1, 0.15) is 41.6 Å². The van der Waals surface area contributed by atoms with Crippen LogP contribution < -0.4 is 4.90 Å². The summed E-state index contributed by atoms with van der Waals surface area (Å²) in [7, 11) is 0. The molecule has 2 heterocycles. The molecule has 1 aliphatic heterocycles. The number of aryl methyl sites for hydroxylation is 1. The van der Waals surface area contributed by atoms with Gasteiger partial charge in [-0.1, -0.05) is 19.0 Å². The third kappa shape index (κ3) is 3.13. The quantitative estimate of drug-likeness (QED) is 0.866. The summed E-state index contributed by atoms with van der Waals surface area (Å²) in [6.07, 6.45) is 0. The molecular weight excluding hydrogens is 309 g/mol. The van der Waals surface area contributed by atoms with E-state index in [2.05, 4.69) is 10.1 Å². The number of piperazine rings is 1. The Morgan fingerprint density at radius 1 is 1.17 bits per heavy atom. The first-order valence-corrected chi connectivity index (χ1v) is 8.23. The lowest BCUT2D eigenvalue weighted by Crippen LogP contribution is -2.49. The van der Waals surface area contributed by atoms with Crippen molar-refractivity contribution in [3.8, 4) is 0 Å². The molecule has 24 heavy (non-hydrogen) atoms. The fraction of sp³-hybridized carbons (Fsp3) is 0.444. The molecule has 0 atom stereocenters. The normalized spacial score (nSPS) is 15.2. The Morgan fingerprint density at radius 3 is 2.38 bits per heavy atom. The number of rotatable bonds is 3. The molecule has 1 aliphatic rings. The Kier molecular flexibility index (Phi) is 4.55. The molecule has 1 aromatic heterocycles. The van der Waals surface area contributed by atoms with Crippen LogP contribution in [0.5, 0.6) is 0 Å². The highest BCUT2D eigenvalue weighted by atomic mass is 19.1. The Balaban J connectivity index is 1.69. The van der Waals surface area contributed by atoms with E-state index in [4.69, 9.17) is 4.52 Å². The Hall–Kier alpha value is -2.37. The fourth-order valence-electron chi connectivity index (χ4n) is 3.02. The minimum Gasteiger partial charge on any atom is -0.368 e. The second-order valence-electron chi connectivity index (χ2n) is 6.42. The van der Waals surface area contributed by atoms with E-state index < -0.39 is 0 Å². The minimum absolute atomic E-state index is 0.0174. The summed E-state index contributed by atoms with van der Waals surface area (Å²) in [5.74, 6) is 0.511. The topological polar surface area (TPSA) is 49.6 Å². The second-order valence-corrected chi connectivity index (χ2v) is 6.42. The Bertz CT molecular complexity index is 716. The van der Waals surface area contributed by atoms with E-state index in [0.717, 1.165) is 18.8 Å². The van der Waals surface area contributed by atoms with Crippen LogP contribution in [-0.4, -0.2) is 42.1 Å². The first-order chi connectivity index (χ1) is 11.5. The third-order valence-corrected chi connectivity index (χ3v) is 4.39. The highest BCUT2D eigenvalue weighted by molar-refractivity contribution is 5.96. The number of amides is 1. The molecule has 0 bridgehead atoms. The van der Waals surface area contributed by atoms with E-state index in [1.54, 1.807) is 19.1 Å². The van der Waals surface area contributed by atoms with Crippen LogP contribution in [0.15, 0.2) is 28.8 Å². The maximum Gasteiger partial charge on any atom is 0.259 e. The smallest absolute Gasteiger partial charge is 0.259 e. The van der Waals surface area contributed by atoms with Crippen molar-refractivity contribution < 1.29 is 13.7 Å². The van der Waals surface area contributed by atoms with Gasteiger partial charge in [0.2, 0.25) is 0 Å². The number of nitrogens with zero attached hydrogens (tertiary/aromatic N) is 3. The molecule has 0 radical (unpaired) electrons. The van der Waals surface area contributed by atoms with Gasteiger partial charge in [-0.05, 0) is 31.2 Å². The van der Waals surface area contributed by atoms with Gasteiger partial charge in [-0.15, -0.1) is 0 Å². The maximum absolute atomic E-state index is 13.0. The largest absolute Gasteiger partial charge is 0.368 e. The minimum atomic E-state index is -0.239. The summed E-state index contributed by atoms with van der Waals surface area (Å²) >= 11 is 0. The summed E-state index contributed by atoms with van der Waals surface area (Å²) in [6.45, 7) is 8.47. The van der Waals surface area contributed by atoms with Gasteiger partial charge in [0.25, 0.3) is 5.91 Å². The number of anilines is 1. The van der Waals surface area contributed by atoms with Gasteiger partial charge in [0.15, 0.2) is 5.76 Å². The molecule has 1 amide bonds. The van der Waals surface area contributed by atoms with E-state index in [-0.39, 0.29) is 17.6 Å². The molecule has 5 nitrogen and oxygen atoms in total. The summed E-state index contributed by atoms with van der Waals surface area (Å²) < 4.78 is 18.4. The SMILES string of the molecule is Cc1noc(C(C)C)c1C(=O)N1CCN(c2ccc(F)cc2)CC1. The highest BCUT2D eigenvalue weighted by Crippen LogP contribution is 2.25. The first kappa shape index (κ1) is 16.5. The molecule has 2 aromatic rings. The molecule has 3 rings (SSSR count). The summed E-state index contributed by atoms with van der Waals surface area (Å²) in [5.41, 5.74) is 2.22. The molecule has 1 aromatic carbocycles. The first-order valence-electron chi connectivity index (χ1n) is 8.23. The number of hydrogen-bond donors (Lipinski definition) is 0. The van der Waals surface area contributed by atoms with Gasteiger partial charge in [0, 0.05) is 37.8 Å². The number of aromatic nitrogens is 1. The number of carbonyl (C=O) groups is 1. The van der Waals surface area contributed by atoms with Gasteiger partial charge in [0.1, 0.15) is 11.4 Å². The summed E-state index contributed by atoms with van der Waals surface area (Å²) in [5, 5.41) is 3.96. The molecule has 1 fully saturated rings.